The lowest BCUT2D eigenvalue weighted by molar-refractivity contribution is -0.136. The normalized spacial score (nSPS) is 17.2. The second-order valence-electron chi connectivity index (χ2n) is 6.28. The highest BCUT2D eigenvalue weighted by molar-refractivity contribution is 6.01. The Balaban J connectivity index is 1.62. The number of rotatable bonds is 5. The number of carbonyl (C=O) groups excluding carboxylic acids is 2. The third kappa shape index (κ3) is 3.55. The summed E-state index contributed by atoms with van der Waals surface area (Å²) in [6.07, 6.45) is 4.37. The van der Waals surface area contributed by atoms with Crippen LogP contribution in [0.2, 0.25) is 0 Å². The maximum atomic E-state index is 13.9. The van der Waals surface area contributed by atoms with E-state index in [9.17, 15) is 14.0 Å². The van der Waals surface area contributed by atoms with Crippen molar-refractivity contribution in [2.24, 2.45) is 0 Å². The fourth-order valence-corrected chi connectivity index (χ4v) is 3.08. The Morgan fingerprint density at radius 3 is 2.84 bits per heavy atom. The molecule has 0 aliphatic carbocycles. The van der Waals surface area contributed by atoms with Crippen molar-refractivity contribution >= 4 is 17.5 Å². The first-order chi connectivity index (χ1) is 12.0. The number of aryl methyl sites for hydroxylation is 2. The van der Waals surface area contributed by atoms with Gasteiger partial charge in [0, 0.05) is 32.8 Å². The van der Waals surface area contributed by atoms with Crippen LogP contribution in [0.25, 0.3) is 0 Å². The van der Waals surface area contributed by atoms with Gasteiger partial charge < -0.3 is 9.80 Å². The molecule has 1 aliphatic heterocycles. The molecule has 1 aliphatic rings. The molecule has 7 heteroatoms. The first-order valence-corrected chi connectivity index (χ1v) is 8.28. The molecule has 0 radical (unpaired) electrons. The number of anilines is 1. The van der Waals surface area contributed by atoms with Crippen molar-refractivity contribution < 1.29 is 14.0 Å². The zero-order valence-corrected chi connectivity index (χ0v) is 14.4. The second kappa shape index (κ2) is 7.04. The maximum absolute atomic E-state index is 13.9. The number of halogens is 1. The van der Waals surface area contributed by atoms with Gasteiger partial charge in [0.25, 0.3) is 0 Å². The van der Waals surface area contributed by atoms with Crippen LogP contribution in [-0.2, 0) is 16.1 Å². The third-order valence-corrected chi connectivity index (χ3v) is 4.50. The van der Waals surface area contributed by atoms with Gasteiger partial charge in [-0.15, -0.1) is 0 Å². The number of aromatic nitrogens is 2. The van der Waals surface area contributed by atoms with Gasteiger partial charge in [-0.25, -0.2) is 4.39 Å². The summed E-state index contributed by atoms with van der Waals surface area (Å²) in [4.78, 5) is 27.9. The monoisotopic (exact) mass is 344 g/mol. The van der Waals surface area contributed by atoms with Crippen LogP contribution in [0.4, 0.5) is 10.1 Å². The summed E-state index contributed by atoms with van der Waals surface area (Å²) in [6.45, 7) is 2.81. The van der Waals surface area contributed by atoms with Crippen molar-refractivity contribution in [2.75, 3.05) is 18.5 Å². The molecule has 2 aromatic rings. The minimum absolute atomic E-state index is 0.123. The second-order valence-corrected chi connectivity index (χ2v) is 6.28. The molecule has 25 heavy (non-hydrogen) atoms. The molecule has 2 heterocycles. The molecule has 0 spiro atoms. The Morgan fingerprint density at radius 2 is 2.16 bits per heavy atom. The lowest BCUT2D eigenvalue weighted by Crippen LogP contribution is -2.43. The number of para-hydroxylation sites is 1. The van der Waals surface area contributed by atoms with Gasteiger partial charge in [-0.05, 0) is 31.0 Å². The quantitative estimate of drug-likeness (QED) is 0.833. The van der Waals surface area contributed by atoms with E-state index in [1.54, 1.807) is 36.1 Å². The molecule has 1 saturated heterocycles. The van der Waals surface area contributed by atoms with Crippen LogP contribution in [0.15, 0.2) is 36.7 Å². The van der Waals surface area contributed by atoms with E-state index < -0.39 is 11.9 Å². The van der Waals surface area contributed by atoms with Crippen LogP contribution in [0.5, 0.6) is 0 Å². The van der Waals surface area contributed by atoms with E-state index in [-0.39, 0.29) is 23.9 Å². The van der Waals surface area contributed by atoms with Crippen LogP contribution < -0.4 is 4.90 Å². The van der Waals surface area contributed by atoms with Crippen LogP contribution >= 0.6 is 0 Å². The number of nitrogens with zero attached hydrogens (tertiary/aromatic N) is 4. The van der Waals surface area contributed by atoms with Crippen molar-refractivity contribution in [1.29, 1.82) is 0 Å². The highest BCUT2D eigenvalue weighted by atomic mass is 19.1. The van der Waals surface area contributed by atoms with E-state index in [0.29, 0.717) is 19.5 Å². The van der Waals surface area contributed by atoms with E-state index in [1.165, 1.54) is 15.9 Å². The third-order valence-electron chi connectivity index (χ3n) is 4.50. The van der Waals surface area contributed by atoms with E-state index >= 15 is 0 Å². The summed E-state index contributed by atoms with van der Waals surface area (Å²) in [7, 11) is 1.63. The molecule has 0 bridgehead atoms. The Morgan fingerprint density at radius 1 is 1.40 bits per heavy atom. The smallest absolute Gasteiger partial charge is 0.249 e. The van der Waals surface area contributed by atoms with Crippen LogP contribution in [0, 0.1) is 12.7 Å². The average Bonchev–Trinajstić information content (AvgIpc) is 3.18. The SMILES string of the molecule is Cc1cnn(CCC(=O)N(C)[C@@H]2CCN(c3ccccc3F)C2=O)c1. The zero-order valence-electron chi connectivity index (χ0n) is 14.4. The summed E-state index contributed by atoms with van der Waals surface area (Å²) in [5, 5.41) is 4.15. The Labute approximate surface area is 145 Å². The van der Waals surface area contributed by atoms with Crippen molar-refractivity contribution in [1.82, 2.24) is 14.7 Å². The Bertz CT molecular complexity index is 789. The van der Waals surface area contributed by atoms with Gasteiger partial charge in [-0.2, -0.15) is 5.10 Å². The highest BCUT2D eigenvalue weighted by Crippen LogP contribution is 2.26. The molecular weight excluding hydrogens is 323 g/mol. The lowest BCUT2D eigenvalue weighted by Gasteiger charge is -2.24. The van der Waals surface area contributed by atoms with Crippen molar-refractivity contribution in [3.05, 3.63) is 48.0 Å². The van der Waals surface area contributed by atoms with Gasteiger partial charge >= 0.3 is 0 Å². The Hall–Kier alpha value is -2.70. The van der Waals surface area contributed by atoms with E-state index in [4.69, 9.17) is 0 Å². The first kappa shape index (κ1) is 17.1. The molecule has 0 saturated carbocycles. The summed E-state index contributed by atoms with van der Waals surface area (Å²) < 4.78 is 15.6. The van der Waals surface area contributed by atoms with E-state index in [2.05, 4.69) is 5.10 Å². The van der Waals surface area contributed by atoms with Gasteiger partial charge in [0.1, 0.15) is 11.9 Å². The molecule has 1 atom stereocenters. The van der Waals surface area contributed by atoms with Crippen LogP contribution in [0.3, 0.4) is 0 Å². The molecule has 132 valence electrons. The minimum atomic E-state index is -0.550. The van der Waals surface area contributed by atoms with Gasteiger partial charge in [-0.3, -0.25) is 14.3 Å². The number of hydrogen-bond donors (Lipinski definition) is 0. The standard InChI is InChI=1S/C18H21FN4O2/c1-13-11-20-22(12-13)9-8-17(24)21(2)16-7-10-23(18(16)25)15-6-4-3-5-14(15)19/h3-6,11-12,16H,7-10H2,1-2H3/t16-/m1/s1. The van der Waals surface area contributed by atoms with Gasteiger partial charge in [0.15, 0.2) is 0 Å². The molecule has 1 aromatic carbocycles. The average molecular weight is 344 g/mol. The fourth-order valence-electron chi connectivity index (χ4n) is 3.08. The molecule has 1 aromatic heterocycles. The van der Waals surface area contributed by atoms with Gasteiger partial charge in [-0.1, -0.05) is 12.1 Å². The molecule has 1 fully saturated rings. The lowest BCUT2D eigenvalue weighted by atomic mass is 10.2. The minimum Gasteiger partial charge on any atom is -0.334 e. The van der Waals surface area contributed by atoms with E-state index in [1.807, 2.05) is 13.1 Å². The summed E-state index contributed by atoms with van der Waals surface area (Å²) in [6, 6.07) is 5.64. The molecule has 6 nitrogen and oxygen atoms in total. The molecule has 0 N–H and O–H groups in total. The molecule has 3 rings (SSSR count). The molecular formula is C18H21FN4O2. The maximum Gasteiger partial charge on any atom is 0.249 e. The van der Waals surface area contributed by atoms with Gasteiger partial charge in [0.2, 0.25) is 11.8 Å². The predicted molar refractivity (Wildman–Crippen MR) is 91.5 cm³/mol. The number of benzene rings is 1. The zero-order chi connectivity index (χ0) is 18.0. The summed E-state index contributed by atoms with van der Waals surface area (Å²) >= 11 is 0. The largest absolute Gasteiger partial charge is 0.334 e. The van der Waals surface area contributed by atoms with Crippen molar-refractivity contribution in [3.8, 4) is 0 Å². The van der Waals surface area contributed by atoms with Gasteiger partial charge in [0.05, 0.1) is 11.9 Å². The first-order valence-electron chi connectivity index (χ1n) is 8.28. The molecule has 2 amide bonds. The van der Waals surface area contributed by atoms with E-state index in [0.717, 1.165) is 5.56 Å². The summed E-state index contributed by atoms with van der Waals surface area (Å²) in [5.74, 6) is -0.794. The predicted octanol–water partition coefficient (Wildman–Crippen LogP) is 1.98. The molecule has 0 unspecified atom stereocenters. The van der Waals surface area contributed by atoms with Crippen LogP contribution in [-0.4, -0.2) is 46.1 Å². The van der Waals surface area contributed by atoms with Crippen LogP contribution in [0.1, 0.15) is 18.4 Å². The Kier molecular flexibility index (Phi) is 4.83. The number of hydrogen-bond acceptors (Lipinski definition) is 3. The van der Waals surface area contributed by atoms with Crippen molar-refractivity contribution in [3.63, 3.8) is 0 Å². The number of amides is 2. The number of likely N-dealkylation sites (N-methyl/N-ethyl adjacent to an activating group) is 1. The topological polar surface area (TPSA) is 58.4 Å². The van der Waals surface area contributed by atoms with Crippen molar-refractivity contribution in [2.45, 2.75) is 32.4 Å². The summed E-state index contributed by atoms with van der Waals surface area (Å²) in [5.41, 5.74) is 1.30. The number of carbonyl (C=O) groups is 2. The highest BCUT2D eigenvalue weighted by Gasteiger charge is 2.37. The fraction of sp³-hybridized carbons (Fsp3) is 0.389.